The van der Waals surface area contributed by atoms with Crippen molar-refractivity contribution in [1.29, 1.82) is 0 Å². The molecule has 4 aliphatic rings. The topological polar surface area (TPSA) is 183 Å². The fourth-order valence-electron chi connectivity index (χ4n) is 11.4. The first-order valence-corrected chi connectivity index (χ1v) is 26.7. The molecule has 1 saturated carbocycles. The molecule has 3 aliphatic heterocycles. The number of piperazine rings is 2. The second-order valence-electron chi connectivity index (χ2n) is 19.9. The van der Waals surface area contributed by atoms with Gasteiger partial charge in [-0.2, -0.15) is 11.3 Å². The summed E-state index contributed by atoms with van der Waals surface area (Å²) in [6.07, 6.45) is 3.55. The van der Waals surface area contributed by atoms with Gasteiger partial charge in [0, 0.05) is 44.7 Å². The highest BCUT2D eigenvalue weighted by atomic mass is 32.1. The van der Waals surface area contributed by atoms with Gasteiger partial charge in [0.05, 0.1) is 47.3 Å². The van der Waals surface area contributed by atoms with Gasteiger partial charge in [-0.05, 0) is 101 Å². The average molecular weight is 1040 g/mol. The number of aliphatic carboxylic acids is 2. The zero-order valence-corrected chi connectivity index (χ0v) is 43.0. The summed E-state index contributed by atoms with van der Waals surface area (Å²) in [5, 5.41) is 25.4. The monoisotopic (exact) mass is 1040 g/mol. The number of Topliss-reactive ketones (excluding diaryl/α,β-unsaturated/α-hetero) is 1. The van der Waals surface area contributed by atoms with Gasteiger partial charge in [-0.3, -0.25) is 19.4 Å². The summed E-state index contributed by atoms with van der Waals surface area (Å²) in [4.78, 5) is 109. The zero-order valence-electron chi connectivity index (χ0n) is 42.1. The number of rotatable bonds is 10. The van der Waals surface area contributed by atoms with Crippen LogP contribution in [0.2, 0.25) is 0 Å². The molecule has 3 atom stereocenters. The van der Waals surface area contributed by atoms with E-state index in [9.17, 15) is 39.0 Å². The van der Waals surface area contributed by atoms with E-state index in [1.54, 1.807) is 58.3 Å². The molecule has 16 nitrogen and oxygen atoms in total. The molecule has 390 valence electrons. The molecule has 5 aromatic carbocycles. The highest BCUT2D eigenvalue weighted by Gasteiger charge is 2.49. The van der Waals surface area contributed by atoms with Crippen molar-refractivity contribution in [1.82, 2.24) is 24.5 Å². The first-order valence-electron chi connectivity index (χ1n) is 25.8. The molecule has 1 aromatic heterocycles. The third-order valence-electron chi connectivity index (χ3n) is 15.5. The SMILES string of the molecule is CC(c1ccc(C2(C(=O)N3CCN(C(=O)N(c4ccccc4)c4ccccc4)C[C@H]3C(=O)O)CCCCC2)cc1)N(Cc1ccsc1)C(=O)N1CCN(C(=O)N2c3ccccc3CC(=O)c3ccccc32)[C@H](C(=O)O)C1. The summed E-state index contributed by atoms with van der Waals surface area (Å²) in [7, 11) is 0. The second-order valence-corrected chi connectivity index (χ2v) is 20.7. The van der Waals surface area contributed by atoms with Crippen LogP contribution in [0.5, 0.6) is 0 Å². The largest absolute Gasteiger partial charge is 0.480 e. The van der Waals surface area contributed by atoms with Crippen molar-refractivity contribution >= 4 is 75.8 Å². The molecule has 7 amide bonds. The van der Waals surface area contributed by atoms with Crippen LogP contribution in [0.15, 0.2) is 150 Å². The highest BCUT2D eigenvalue weighted by Crippen LogP contribution is 2.43. The van der Waals surface area contributed by atoms with Crippen LogP contribution < -0.4 is 9.80 Å². The van der Waals surface area contributed by atoms with Crippen molar-refractivity contribution in [3.63, 3.8) is 0 Å². The van der Waals surface area contributed by atoms with Crippen LogP contribution in [0, 0.1) is 0 Å². The Morgan fingerprint density at radius 3 is 1.83 bits per heavy atom. The molecular formula is C59H59N7O9S. The van der Waals surface area contributed by atoms with E-state index in [0.29, 0.717) is 46.7 Å². The van der Waals surface area contributed by atoms with Crippen molar-refractivity contribution < 1.29 is 43.8 Å². The predicted molar refractivity (Wildman–Crippen MR) is 288 cm³/mol. The number of thiophene rings is 1. The molecule has 1 unspecified atom stereocenters. The van der Waals surface area contributed by atoms with E-state index in [4.69, 9.17) is 0 Å². The number of anilines is 4. The lowest BCUT2D eigenvalue weighted by Gasteiger charge is -2.46. The lowest BCUT2D eigenvalue weighted by Crippen LogP contribution is -2.63. The molecule has 17 heteroatoms. The lowest BCUT2D eigenvalue weighted by atomic mass is 9.68. The highest BCUT2D eigenvalue weighted by molar-refractivity contribution is 7.07. The molecule has 3 fully saturated rings. The van der Waals surface area contributed by atoms with E-state index >= 15 is 4.79 Å². The van der Waals surface area contributed by atoms with E-state index in [1.807, 2.05) is 109 Å². The number of carbonyl (C=O) groups is 7. The Bertz CT molecular complexity index is 3090. The van der Waals surface area contributed by atoms with Gasteiger partial charge >= 0.3 is 30.0 Å². The Hall–Kier alpha value is -8.31. The fraction of sp³-hybridized carbons (Fsp3) is 0.305. The van der Waals surface area contributed by atoms with Crippen LogP contribution in [0.25, 0.3) is 0 Å². The summed E-state index contributed by atoms with van der Waals surface area (Å²) in [6, 6.07) is 37.1. The van der Waals surface area contributed by atoms with Crippen molar-refractivity contribution in [2.75, 3.05) is 49.1 Å². The Kier molecular flexibility index (Phi) is 14.7. The number of nitrogens with zero attached hydrogens (tertiary/aromatic N) is 7. The van der Waals surface area contributed by atoms with Gasteiger partial charge in [0.15, 0.2) is 5.78 Å². The zero-order chi connectivity index (χ0) is 53.1. The average Bonchev–Trinajstić information content (AvgIpc) is 3.96. The molecule has 2 N–H and O–H groups in total. The normalized spacial score (nSPS) is 18.6. The molecule has 76 heavy (non-hydrogen) atoms. The lowest BCUT2D eigenvalue weighted by molar-refractivity contribution is -0.156. The van der Waals surface area contributed by atoms with Gasteiger partial charge in [-0.25, -0.2) is 24.0 Å². The maximum Gasteiger partial charge on any atom is 0.330 e. The number of ketones is 1. The van der Waals surface area contributed by atoms with Crippen LogP contribution in [0.3, 0.4) is 0 Å². The standard InChI is InChI=1S/C59H59N7O9S/c1-40(64(36-41-27-34-76-39-41)56(73)60-31-33-63(51(38-60)54(70)71)58(75)66-48-21-11-9-15-43(48)35-52(67)47-20-10-12-22-49(47)66)42-23-25-44(26-24-42)59(28-13-4-14-29-59)55(72)62-32-30-61(37-50(62)53(68)69)57(74)65(45-16-5-2-6-17-45)46-18-7-3-8-19-46/h2-3,5-12,15-27,34,39-40,50-51H,4,13-14,28-33,35-38H2,1H3,(H,68,69)(H,70,71)/t40?,50-,51-/m0/s1. The van der Waals surface area contributed by atoms with Crippen molar-refractivity contribution in [3.8, 4) is 0 Å². The van der Waals surface area contributed by atoms with Crippen LogP contribution >= 0.6 is 11.3 Å². The Labute approximate surface area is 444 Å². The summed E-state index contributed by atoms with van der Waals surface area (Å²) in [5.74, 6) is -2.92. The first-order chi connectivity index (χ1) is 36.8. The number of carboxylic acid groups (broad SMARTS) is 2. The number of carbonyl (C=O) groups excluding carboxylic acids is 5. The Balaban J connectivity index is 0.883. The van der Waals surface area contributed by atoms with Gasteiger partial charge in [-0.15, -0.1) is 0 Å². The van der Waals surface area contributed by atoms with Crippen LogP contribution in [-0.2, 0) is 32.8 Å². The number of fused-ring (bicyclic) bond motifs is 2. The Morgan fingerprint density at radius 2 is 1.21 bits per heavy atom. The molecule has 0 bridgehead atoms. The number of urea groups is 3. The minimum absolute atomic E-state index is 0.0296. The third-order valence-corrected chi connectivity index (χ3v) is 16.3. The van der Waals surface area contributed by atoms with E-state index in [2.05, 4.69) is 0 Å². The van der Waals surface area contributed by atoms with Gasteiger partial charge in [-0.1, -0.05) is 110 Å². The van der Waals surface area contributed by atoms with Crippen LogP contribution in [-0.4, -0.2) is 128 Å². The summed E-state index contributed by atoms with van der Waals surface area (Å²) >= 11 is 1.49. The maximum absolute atomic E-state index is 15.2. The predicted octanol–water partition coefficient (Wildman–Crippen LogP) is 9.96. The first kappa shape index (κ1) is 51.2. The van der Waals surface area contributed by atoms with E-state index in [-0.39, 0.29) is 70.0 Å². The summed E-state index contributed by atoms with van der Waals surface area (Å²) < 4.78 is 0. The molecule has 6 aromatic rings. The molecule has 10 rings (SSSR count). The molecular weight excluding hydrogens is 983 g/mol. The minimum Gasteiger partial charge on any atom is -0.480 e. The van der Waals surface area contributed by atoms with Gasteiger partial charge in [0.1, 0.15) is 12.1 Å². The number of para-hydroxylation sites is 4. The fourth-order valence-corrected chi connectivity index (χ4v) is 12.1. The minimum atomic E-state index is -1.41. The molecule has 2 saturated heterocycles. The van der Waals surface area contributed by atoms with Crippen LogP contribution in [0.4, 0.5) is 37.1 Å². The Morgan fingerprint density at radius 1 is 0.645 bits per heavy atom. The molecule has 0 radical (unpaired) electrons. The molecule has 0 spiro atoms. The summed E-state index contributed by atoms with van der Waals surface area (Å²) in [6.45, 7) is 1.74. The van der Waals surface area contributed by atoms with E-state index in [1.165, 1.54) is 35.8 Å². The van der Waals surface area contributed by atoms with Crippen molar-refractivity contribution in [2.24, 2.45) is 0 Å². The van der Waals surface area contributed by atoms with E-state index < -0.39 is 47.5 Å². The third kappa shape index (κ3) is 9.89. The maximum atomic E-state index is 15.2. The van der Waals surface area contributed by atoms with Gasteiger partial charge in [0.25, 0.3) is 0 Å². The number of carboxylic acids is 2. The van der Waals surface area contributed by atoms with Crippen molar-refractivity contribution in [2.45, 2.75) is 75.5 Å². The smallest absolute Gasteiger partial charge is 0.330 e. The second kappa shape index (κ2) is 21.9. The summed E-state index contributed by atoms with van der Waals surface area (Å²) in [5.41, 5.74) is 4.45. The van der Waals surface area contributed by atoms with Crippen molar-refractivity contribution in [3.05, 3.63) is 178 Å². The van der Waals surface area contributed by atoms with Crippen LogP contribution in [0.1, 0.15) is 77.7 Å². The number of benzene rings is 5. The quantitative estimate of drug-likeness (QED) is 0.135. The van der Waals surface area contributed by atoms with E-state index in [0.717, 1.165) is 36.0 Å². The number of hydrogen-bond donors (Lipinski definition) is 2. The number of hydrogen-bond acceptors (Lipinski definition) is 8. The number of amides is 7. The van der Waals surface area contributed by atoms with Gasteiger partial charge in [0.2, 0.25) is 5.91 Å². The van der Waals surface area contributed by atoms with Gasteiger partial charge < -0.3 is 34.7 Å². The molecule has 4 heterocycles. The molecule has 1 aliphatic carbocycles.